The van der Waals surface area contributed by atoms with E-state index in [9.17, 15) is 13.6 Å². The monoisotopic (exact) mass is 472 g/mol. The zero-order chi connectivity index (χ0) is 24.4. The van der Waals surface area contributed by atoms with E-state index < -0.39 is 11.9 Å². The van der Waals surface area contributed by atoms with Crippen LogP contribution in [0.5, 0.6) is 0 Å². The first-order chi connectivity index (χ1) is 16.2. The molecule has 1 fully saturated rings. The lowest BCUT2D eigenvalue weighted by Crippen LogP contribution is -2.51. The summed E-state index contributed by atoms with van der Waals surface area (Å²) in [5.74, 6) is -0.817. The summed E-state index contributed by atoms with van der Waals surface area (Å²) in [7, 11) is 3.74. The van der Waals surface area contributed by atoms with Gasteiger partial charge in [0, 0.05) is 45.6 Å². The third kappa shape index (κ3) is 5.04. The van der Waals surface area contributed by atoms with Crippen LogP contribution in [0.25, 0.3) is 5.57 Å². The molecule has 2 unspecified atom stereocenters. The van der Waals surface area contributed by atoms with Crippen molar-refractivity contribution in [2.45, 2.75) is 51.2 Å². The summed E-state index contributed by atoms with van der Waals surface area (Å²) >= 11 is 0. The molecule has 34 heavy (non-hydrogen) atoms. The summed E-state index contributed by atoms with van der Waals surface area (Å²) in [4.78, 5) is 15.1. The molecule has 5 N–H and O–H groups in total. The van der Waals surface area contributed by atoms with Crippen LogP contribution in [0, 0.1) is 11.7 Å². The van der Waals surface area contributed by atoms with Crippen molar-refractivity contribution < 1.29 is 13.6 Å². The second-order valence-corrected chi connectivity index (χ2v) is 9.45. The van der Waals surface area contributed by atoms with E-state index >= 15 is 0 Å². The maximum atomic E-state index is 14.4. The molecule has 0 saturated heterocycles. The smallest absolute Gasteiger partial charge is 0.249 e. The summed E-state index contributed by atoms with van der Waals surface area (Å²) in [6.45, 7) is 2.84. The van der Waals surface area contributed by atoms with Crippen LogP contribution < -0.4 is 21.8 Å². The molecule has 1 saturated carbocycles. The fourth-order valence-corrected chi connectivity index (χ4v) is 5.10. The lowest BCUT2D eigenvalue weighted by molar-refractivity contribution is -0.122. The van der Waals surface area contributed by atoms with E-state index in [-0.39, 0.29) is 30.0 Å². The number of carbonyl (C=O) groups excluding carboxylic acids is 1. The van der Waals surface area contributed by atoms with Crippen molar-refractivity contribution in [1.82, 2.24) is 26.0 Å². The average molecular weight is 473 g/mol. The van der Waals surface area contributed by atoms with Gasteiger partial charge in [0.2, 0.25) is 5.91 Å². The zero-order valence-corrected chi connectivity index (χ0v) is 20.0. The number of hydrazine groups is 1. The van der Waals surface area contributed by atoms with Gasteiger partial charge in [0.1, 0.15) is 11.9 Å². The molecule has 9 heteroatoms. The fraction of sp³-hybridized carbons (Fsp3) is 0.480. The van der Waals surface area contributed by atoms with Crippen LogP contribution in [0.1, 0.15) is 43.7 Å². The number of hydrogen-bond acceptors (Lipinski definition) is 6. The van der Waals surface area contributed by atoms with Crippen molar-refractivity contribution in [1.29, 1.82) is 0 Å². The molecule has 3 aliphatic rings. The number of likely N-dealkylation sites (N-methyl/N-ethyl adjacent to an activating group) is 1. The summed E-state index contributed by atoms with van der Waals surface area (Å²) < 4.78 is 28.7. The number of allylic oxidation sites excluding steroid dienone is 1. The lowest BCUT2D eigenvalue weighted by atomic mass is 9.96. The van der Waals surface area contributed by atoms with Gasteiger partial charge >= 0.3 is 0 Å². The number of dihydropyridines is 1. The summed E-state index contributed by atoms with van der Waals surface area (Å²) in [6.07, 6.45) is 7.65. The van der Waals surface area contributed by atoms with Crippen molar-refractivity contribution in [3.8, 4) is 0 Å². The largest absolute Gasteiger partial charge is 0.395 e. The van der Waals surface area contributed by atoms with Gasteiger partial charge in [0.05, 0.1) is 11.4 Å². The molecule has 184 valence electrons. The molecule has 1 aliphatic carbocycles. The predicted molar refractivity (Wildman–Crippen MR) is 129 cm³/mol. The van der Waals surface area contributed by atoms with E-state index in [1.165, 1.54) is 25.0 Å². The molecule has 2 aliphatic heterocycles. The van der Waals surface area contributed by atoms with Gasteiger partial charge in [0.25, 0.3) is 0 Å². The number of amides is 1. The Hall–Kier alpha value is -3.07. The van der Waals surface area contributed by atoms with Gasteiger partial charge in [-0.15, -0.1) is 0 Å². The Morgan fingerprint density at radius 2 is 2.03 bits per heavy atom. The van der Waals surface area contributed by atoms with Gasteiger partial charge in [-0.3, -0.25) is 4.79 Å². The molecule has 1 amide bonds. The molecule has 1 aromatic carbocycles. The molecular weight excluding hydrogens is 438 g/mol. The van der Waals surface area contributed by atoms with Crippen molar-refractivity contribution in [3.05, 3.63) is 64.8 Å². The Labute approximate surface area is 199 Å². The number of nitrogens with one attached hydrogen (secondary N) is 3. The number of benzene rings is 1. The van der Waals surface area contributed by atoms with Crippen LogP contribution in [0.4, 0.5) is 8.78 Å². The molecule has 1 aromatic rings. The van der Waals surface area contributed by atoms with Gasteiger partial charge in [-0.05, 0) is 60.6 Å². The first kappa shape index (κ1) is 24.1. The maximum Gasteiger partial charge on any atom is 0.249 e. The Bertz CT molecular complexity index is 1030. The van der Waals surface area contributed by atoms with E-state index in [1.807, 2.05) is 36.3 Å². The van der Waals surface area contributed by atoms with Crippen molar-refractivity contribution in [2.24, 2.45) is 11.7 Å². The van der Waals surface area contributed by atoms with E-state index in [2.05, 4.69) is 23.0 Å². The van der Waals surface area contributed by atoms with E-state index in [0.717, 1.165) is 30.2 Å². The normalized spacial score (nSPS) is 21.8. The SMILES string of the molecule is CC(C1CCCC1)N(C)C1=C(N)C(F)=CNC1C(=O)NCc1cc(F)cc(C2=CN(C)NC2)c1. The third-order valence-electron chi connectivity index (χ3n) is 7.18. The molecular formula is C25H34F2N6O. The minimum absolute atomic E-state index is 0.0240. The van der Waals surface area contributed by atoms with Gasteiger partial charge in [-0.25, -0.2) is 14.2 Å². The number of carbonyl (C=O) groups is 1. The Balaban J connectivity index is 1.49. The number of nitrogens with two attached hydrogens (primary N) is 1. The Kier molecular flexibility index (Phi) is 7.11. The lowest BCUT2D eigenvalue weighted by Gasteiger charge is -2.38. The molecule has 0 spiro atoms. The molecule has 2 heterocycles. The molecule has 7 nitrogen and oxygen atoms in total. The van der Waals surface area contributed by atoms with Crippen LogP contribution in [0.15, 0.2) is 47.8 Å². The predicted octanol–water partition coefficient (Wildman–Crippen LogP) is 2.70. The minimum atomic E-state index is -0.836. The topological polar surface area (TPSA) is 85.7 Å². The van der Waals surface area contributed by atoms with Gasteiger partial charge < -0.3 is 26.3 Å². The van der Waals surface area contributed by atoms with Crippen LogP contribution in [-0.4, -0.2) is 48.5 Å². The Morgan fingerprint density at radius 1 is 1.29 bits per heavy atom. The van der Waals surface area contributed by atoms with Crippen LogP contribution >= 0.6 is 0 Å². The summed E-state index contributed by atoms with van der Waals surface area (Å²) in [6, 6.07) is 4.04. The van der Waals surface area contributed by atoms with Gasteiger partial charge in [-0.1, -0.05) is 12.8 Å². The average Bonchev–Trinajstić information content (AvgIpc) is 3.50. The number of hydrogen-bond donors (Lipinski definition) is 4. The van der Waals surface area contributed by atoms with Crippen LogP contribution in [0.3, 0.4) is 0 Å². The summed E-state index contributed by atoms with van der Waals surface area (Å²) in [5.41, 5.74) is 12.0. The molecule has 2 atom stereocenters. The fourth-order valence-electron chi connectivity index (χ4n) is 5.10. The standard InChI is InChI=1S/C25H34F2N6O/c1-15(17-6-4-5-7-17)33(3)24-22(28)21(27)13-29-23(24)25(34)30-11-16-8-18(10-20(26)9-16)19-12-31-32(2)14-19/h8-10,13-15,17,23,29,31H,4-7,11-12,28H2,1-3H3,(H,30,34). The second kappa shape index (κ2) is 10.0. The van der Waals surface area contributed by atoms with Gasteiger partial charge in [-0.2, -0.15) is 0 Å². The number of rotatable bonds is 7. The highest BCUT2D eigenvalue weighted by Crippen LogP contribution is 2.33. The Morgan fingerprint density at radius 3 is 2.71 bits per heavy atom. The molecule has 0 aromatic heterocycles. The van der Waals surface area contributed by atoms with Crippen LogP contribution in [-0.2, 0) is 11.3 Å². The quantitative estimate of drug-likeness (QED) is 0.488. The number of nitrogens with zero attached hydrogens (tertiary/aromatic N) is 2. The van der Waals surface area contributed by atoms with E-state index in [1.54, 1.807) is 0 Å². The zero-order valence-electron chi connectivity index (χ0n) is 20.0. The number of halogens is 2. The van der Waals surface area contributed by atoms with Gasteiger partial charge in [0.15, 0.2) is 5.83 Å². The maximum absolute atomic E-state index is 14.4. The highest BCUT2D eigenvalue weighted by Gasteiger charge is 2.35. The van der Waals surface area contributed by atoms with E-state index in [4.69, 9.17) is 5.73 Å². The highest BCUT2D eigenvalue weighted by molar-refractivity contribution is 5.86. The molecule has 4 rings (SSSR count). The molecule has 0 radical (unpaired) electrons. The highest BCUT2D eigenvalue weighted by atomic mass is 19.1. The van der Waals surface area contributed by atoms with E-state index in [0.29, 0.717) is 23.7 Å². The first-order valence-electron chi connectivity index (χ1n) is 11.8. The van der Waals surface area contributed by atoms with Crippen molar-refractivity contribution in [3.63, 3.8) is 0 Å². The second-order valence-electron chi connectivity index (χ2n) is 9.45. The first-order valence-corrected chi connectivity index (χ1v) is 11.8. The third-order valence-corrected chi connectivity index (χ3v) is 7.18. The van der Waals surface area contributed by atoms with Crippen molar-refractivity contribution in [2.75, 3.05) is 20.6 Å². The molecule has 0 bridgehead atoms. The minimum Gasteiger partial charge on any atom is -0.395 e. The van der Waals surface area contributed by atoms with Crippen LogP contribution in [0.2, 0.25) is 0 Å². The van der Waals surface area contributed by atoms with Crippen molar-refractivity contribution >= 4 is 11.5 Å². The summed E-state index contributed by atoms with van der Waals surface area (Å²) in [5, 5.41) is 7.55.